The van der Waals surface area contributed by atoms with Gasteiger partial charge in [-0.2, -0.15) is 0 Å². The molecule has 0 bridgehead atoms. The second-order valence-electron chi connectivity index (χ2n) is 3.52. The zero-order valence-corrected chi connectivity index (χ0v) is 10.2. The highest BCUT2D eigenvalue weighted by Crippen LogP contribution is 2.21. The van der Waals surface area contributed by atoms with Crippen molar-refractivity contribution in [1.82, 2.24) is 0 Å². The van der Waals surface area contributed by atoms with E-state index in [9.17, 15) is 4.79 Å². The second kappa shape index (κ2) is 5.75. The van der Waals surface area contributed by atoms with E-state index in [1.54, 1.807) is 12.1 Å². The third-order valence-electron chi connectivity index (χ3n) is 2.55. The van der Waals surface area contributed by atoms with E-state index in [2.05, 4.69) is 0 Å². The molecule has 0 aliphatic heterocycles. The van der Waals surface area contributed by atoms with Crippen LogP contribution in [0.3, 0.4) is 0 Å². The van der Waals surface area contributed by atoms with Crippen molar-refractivity contribution in [2.45, 2.75) is 26.3 Å². The fraction of sp³-hybridized carbons (Fsp3) is 0.417. The molecule has 88 valence electrons. The number of hydrogen-bond acceptors (Lipinski definition) is 2. The highest BCUT2D eigenvalue weighted by Gasteiger charge is 2.22. The first-order valence-electron chi connectivity index (χ1n) is 5.35. The van der Waals surface area contributed by atoms with E-state index < -0.39 is 12.0 Å². The minimum atomic E-state index is -0.792. The molecule has 1 aromatic rings. The number of anilines is 1. The monoisotopic (exact) mass is 241 g/mol. The normalized spacial score (nSPS) is 12.2. The summed E-state index contributed by atoms with van der Waals surface area (Å²) in [6, 6.07) is 6.75. The van der Waals surface area contributed by atoms with Crippen LogP contribution in [-0.2, 0) is 4.79 Å². The van der Waals surface area contributed by atoms with Crippen molar-refractivity contribution in [2.75, 3.05) is 11.4 Å². The Kier molecular flexibility index (Phi) is 4.62. The lowest BCUT2D eigenvalue weighted by molar-refractivity contribution is -0.138. The van der Waals surface area contributed by atoms with Crippen LogP contribution in [0.25, 0.3) is 0 Å². The highest BCUT2D eigenvalue weighted by atomic mass is 35.5. The summed E-state index contributed by atoms with van der Waals surface area (Å²) in [7, 11) is 0. The Labute approximate surface area is 101 Å². The van der Waals surface area contributed by atoms with E-state index in [4.69, 9.17) is 16.7 Å². The van der Waals surface area contributed by atoms with Crippen LogP contribution in [0.5, 0.6) is 0 Å². The number of hydrogen-bond donors (Lipinski definition) is 1. The Morgan fingerprint density at radius 1 is 1.38 bits per heavy atom. The fourth-order valence-electron chi connectivity index (χ4n) is 1.74. The molecule has 1 atom stereocenters. The third kappa shape index (κ3) is 2.89. The van der Waals surface area contributed by atoms with Crippen LogP contribution in [-0.4, -0.2) is 23.7 Å². The third-order valence-corrected chi connectivity index (χ3v) is 2.80. The summed E-state index contributed by atoms with van der Waals surface area (Å²) in [4.78, 5) is 13.0. The van der Waals surface area contributed by atoms with Crippen molar-refractivity contribution in [3.05, 3.63) is 29.3 Å². The molecule has 1 N–H and O–H groups in total. The predicted molar refractivity (Wildman–Crippen MR) is 66.2 cm³/mol. The van der Waals surface area contributed by atoms with Crippen LogP contribution in [0.1, 0.15) is 20.3 Å². The lowest BCUT2D eigenvalue weighted by Gasteiger charge is -2.29. The standard InChI is InChI=1S/C12H16ClNO2/c1-3-11(12(15)16)14(4-2)10-7-5-9(13)6-8-10/h5-8,11H,3-4H2,1-2H3,(H,15,16)/t11-/m0/s1. The molecule has 0 amide bonds. The molecule has 0 fully saturated rings. The van der Waals surface area contributed by atoms with Gasteiger partial charge in [0.2, 0.25) is 0 Å². The number of aliphatic carboxylic acids is 1. The number of carboxylic acid groups (broad SMARTS) is 1. The minimum Gasteiger partial charge on any atom is -0.480 e. The maximum absolute atomic E-state index is 11.1. The van der Waals surface area contributed by atoms with E-state index in [1.165, 1.54) is 0 Å². The molecule has 0 aliphatic rings. The van der Waals surface area contributed by atoms with Crippen molar-refractivity contribution in [1.29, 1.82) is 0 Å². The van der Waals surface area contributed by atoms with Gasteiger partial charge in [-0.1, -0.05) is 18.5 Å². The van der Waals surface area contributed by atoms with Crippen LogP contribution >= 0.6 is 11.6 Å². The molecule has 0 unspecified atom stereocenters. The maximum Gasteiger partial charge on any atom is 0.326 e. The number of halogens is 1. The Balaban J connectivity index is 2.96. The number of likely N-dealkylation sites (N-methyl/N-ethyl adjacent to an activating group) is 1. The lowest BCUT2D eigenvalue weighted by Crippen LogP contribution is -2.40. The summed E-state index contributed by atoms with van der Waals surface area (Å²) < 4.78 is 0. The van der Waals surface area contributed by atoms with Gasteiger partial charge >= 0.3 is 5.97 Å². The molecule has 1 rings (SSSR count). The lowest BCUT2D eigenvalue weighted by atomic mass is 10.1. The Bertz CT molecular complexity index is 351. The van der Waals surface area contributed by atoms with Crippen molar-refractivity contribution in [2.24, 2.45) is 0 Å². The van der Waals surface area contributed by atoms with Gasteiger partial charge in [0.15, 0.2) is 0 Å². The molecule has 0 saturated carbocycles. The van der Waals surface area contributed by atoms with Crippen LogP contribution in [0.4, 0.5) is 5.69 Å². The van der Waals surface area contributed by atoms with Gasteiger partial charge in [-0.25, -0.2) is 4.79 Å². The molecule has 0 aliphatic carbocycles. The first-order valence-corrected chi connectivity index (χ1v) is 5.73. The SMILES string of the molecule is CC[C@@H](C(=O)O)N(CC)c1ccc(Cl)cc1. The first kappa shape index (κ1) is 12.8. The minimum absolute atomic E-state index is 0.480. The zero-order valence-electron chi connectivity index (χ0n) is 9.48. The van der Waals surface area contributed by atoms with Gasteiger partial charge < -0.3 is 10.0 Å². The zero-order chi connectivity index (χ0) is 12.1. The maximum atomic E-state index is 11.1. The Morgan fingerprint density at radius 3 is 2.31 bits per heavy atom. The van der Waals surface area contributed by atoms with Crippen molar-refractivity contribution >= 4 is 23.3 Å². The molecule has 0 spiro atoms. The molecule has 1 aromatic carbocycles. The molecular formula is C12H16ClNO2. The van der Waals surface area contributed by atoms with Crippen LogP contribution < -0.4 is 4.90 Å². The average Bonchev–Trinajstić information content (AvgIpc) is 2.26. The predicted octanol–water partition coefficient (Wildman–Crippen LogP) is 3.03. The average molecular weight is 242 g/mol. The Morgan fingerprint density at radius 2 is 1.94 bits per heavy atom. The van der Waals surface area contributed by atoms with Gasteiger partial charge in [-0.3, -0.25) is 0 Å². The summed E-state index contributed by atoms with van der Waals surface area (Å²) in [6.07, 6.45) is 0.575. The molecule has 16 heavy (non-hydrogen) atoms. The van der Waals surface area contributed by atoms with Crippen LogP contribution in [0.15, 0.2) is 24.3 Å². The van der Waals surface area contributed by atoms with E-state index >= 15 is 0 Å². The summed E-state index contributed by atoms with van der Waals surface area (Å²) in [5, 5.41) is 9.78. The van der Waals surface area contributed by atoms with Gasteiger partial charge in [0.25, 0.3) is 0 Å². The molecule has 0 saturated heterocycles. The number of carboxylic acids is 1. The molecule has 0 heterocycles. The summed E-state index contributed by atoms with van der Waals surface area (Å²) in [5.41, 5.74) is 0.890. The van der Waals surface area contributed by atoms with E-state index in [1.807, 2.05) is 30.9 Å². The summed E-state index contributed by atoms with van der Waals surface area (Å²) >= 11 is 5.80. The molecule has 0 aromatic heterocycles. The first-order chi connectivity index (χ1) is 7.60. The summed E-state index contributed by atoms with van der Waals surface area (Å²) in [5.74, 6) is -0.792. The number of rotatable bonds is 5. The second-order valence-corrected chi connectivity index (χ2v) is 3.96. The van der Waals surface area contributed by atoms with Crippen LogP contribution in [0, 0.1) is 0 Å². The Hall–Kier alpha value is -1.22. The summed E-state index contributed by atoms with van der Waals surface area (Å²) in [6.45, 7) is 4.48. The number of carbonyl (C=O) groups is 1. The van der Waals surface area contributed by atoms with E-state index in [-0.39, 0.29) is 0 Å². The number of nitrogens with zero attached hydrogens (tertiary/aromatic N) is 1. The highest BCUT2D eigenvalue weighted by molar-refractivity contribution is 6.30. The van der Waals surface area contributed by atoms with Crippen molar-refractivity contribution in [3.63, 3.8) is 0 Å². The molecular weight excluding hydrogens is 226 g/mol. The van der Waals surface area contributed by atoms with E-state index in [0.29, 0.717) is 18.0 Å². The topological polar surface area (TPSA) is 40.5 Å². The van der Waals surface area contributed by atoms with Gasteiger partial charge in [0.1, 0.15) is 6.04 Å². The van der Waals surface area contributed by atoms with Crippen molar-refractivity contribution < 1.29 is 9.90 Å². The molecule has 4 heteroatoms. The van der Waals surface area contributed by atoms with Gasteiger partial charge in [-0.05, 0) is 37.6 Å². The van der Waals surface area contributed by atoms with Gasteiger partial charge in [0, 0.05) is 17.3 Å². The van der Waals surface area contributed by atoms with Gasteiger partial charge in [0.05, 0.1) is 0 Å². The molecule has 3 nitrogen and oxygen atoms in total. The fourth-order valence-corrected chi connectivity index (χ4v) is 1.87. The van der Waals surface area contributed by atoms with Crippen molar-refractivity contribution in [3.8, 4) is 0 Å². The molecule has 0 radical (unpaired) electrons. The van der Waals surface area contributed by atoms with Crippen LogP contribution in [0.2, 0.25) is 5.02 Å². The largest absolute Gasteiger partial charge is 0.480 e. The smallest absolute Gasteiger partial charge is 0.326 e. The van der Waals surface area contributed by atoms with E-state index in [0.717, 1.165) is 5.69 Å². The van der Waals surface area contributed by atoms with Gasteiger partial charge in [-0.15, -0.1) is 0 Å². The quantitative estimate of drug-likeness (QED) is 0.862. The number of benzene rings is 1.